The molecule has 12 heavy (non-hydrogen) atoms. The highest BCUT2D eigenvalue weighted by Gasteiger charge is 2.23. The second-order valence-electron chi connectivity index (χ2n) is 2.86. The van der Waals surface area contributed by atoms with Crippen LogP contribution in [0.2, 0.25) is 0 Å². The van der Waals surface area contributed by atoms with Crippen molar-refractivity contribution in [3.05, 3.63) is 23.8 Å². The molecule has 0 saturated heterocycles. The molecule has 0 N–H and O–H groups in total. The van der Waals surface area contributed by atoms with Gasteiger partial charge in [-0.1, -0.05) is 12.2 Å². The zero-order chi connectivity index (χ0) is 8.55. The summed E-state index contributed by atoms with van der Waals surface area (Å²) in [6.07, 6.45) is 6.99. The summed E-state index contributed by atoms with van der Waals surface area (Å²) >= 11 is 0. The molecule has 60 valence electrons. The van der Waals surface area contributed by atoms with Gasteiger partial charge in [0.25, 0.3) is 5.91 Å². The standard InChI is InChI=1S/C9H8N2O/c1-6-2-3-7-8(4-6)10-5-11-9(7)12/h2-5,7H,1H3. The van der Waals surface area contributed by atoms with Crippen LogP contribution in [0, 0.1) is 5.92 Å². The molecule has 0 radical (unpaired) electrons. The summed E-state index contributed by atoms with van der Waals surface area (Å²) in [5.41, 5.74) is 1.92. The van der Waals surface area contributed by atoms with Crippen LogP contribution < -0.4 is 0 Å². The molecular weight excluding hydrogens is 152 g/mol. The molecule has 1 amide bonds. The first-order chi connectivity index (χ1) is 5.77. The summed E-state index contributed by atoms with van der Waals surface area (Å²) in [5.74, 6) is -0.362. The predicted molar refractivity (Wildman–Crippen MR) is 47.3 cm³/mol. The van der Waals surface area contributed by atoms with Gasteiger partial charge in [-0.2, -0.15) is 0 Å². The van der Waals surface area contributed by atoms with Gasteiger partial charge in [0.05, 0.1) is 5.71 Å². The average molecular weight is 160 g/mol. The van der Waals surface area contributed by atoms with Gasteiger partial charge in [-0.05, 0) is 18.6 Å². The van der Waals surface area contributed by atoms with E-state index >= 15 is 0 Å². The van der Waals surface area contributed by atoms with Crippen LogP contribution in [0.5, 0.6) is 0 Å². The first-order valence-corrected chi connectivity index (χ1v) is 3.78. The first kappa shape index (κ1) is 7.16. The highest BCUT2D eigenvalue weighted by molar-refractivity contribution is 6.18. The quantitative estimate of drug-likeness (QED) is 0.523. The maximum absolute atomic E-state index is 11.2. The molecule has 3 heteroatoms. The summed E-state index contributed by atoms with van der Waals surface area (Å²) in [7, 11) is 0. The molecule has 0 aromatic heterocycles. The van der Waals surface area contributed by atoms with E-state index in [-0.39, 0.29) is 11.8 Å². The molecule has 1 aliphatic carbocycles. The van der Waals surface area contributed by atoms with E-state index in [1.165, 1.54) is 6.34 Å². The Morgan fingerprint density at radius 3 is 3.17 bits per heavy atom. The zero-order valence-electron chi connectivity index (χ0n) is 6.69. The molecule has 0 bridgehead atoms. The van der Waals surface area contributed by atoms with Crippen molar-refractivity contribution in [3.8, 4) is 0 Å². The molecular formula is C9H8N2O. The summed E-state index contributed by atoms with van der Waals surface area (Å²) in [4.78, 5) is 18.8. The molecule has 0 fully saturated rings. The van der Waals surface area contributed by atoms with Gasteiger partial charge in [-0.15, -0.1) is 0 Å². The van der Waals surface area contributed by atoms with Crippen molar-refractivity contribution < 1.29 is 4.79 Å². The lowest BCUT2D eigenvalue weighted by atomic mass is 9.94. The van der Waals surface area contributed by atoms with E-state index in [4.69, 9.17) is 0 Å². The minimum atomic E-state index is -0.237. The Morgan fingerprint density at radius 2 is 2.33 bits per heavy atom. The Balaban J connectivity index is 2.43. The number of amides is 1. The van der Waals surface area contributed by atoms with E-state index in [0.717, 1.165) is 11.3 Å². The van der Waals surface area contributed by atoms with Gasteiger partial charge in [-0.3, -0.25) is 4.79 Å². The van der Waals surface area contributed by atoms with Crippen LogP contribution in [0.15, 0.2) is 33.8 Å². The molecule has 1 atom stereocenters. The molecule has 1 aliphatic heterocycles. The van der Waals surface area contributed by atoms with E-state index in [2.05, 4.69) is 9.98 Å². The number of rotatable bonds is 0. The van der Waals surface area contributed by atoms with Crippen LogP contribution in [0.4, 0.5) is 0 Å². The van der Waals surface area contributed by atoms with E-state index in [0.29, 0.717) is 0 Å². The van der Waals surface area contributed by atoms with Crippen molar-refractivity contribution in [2.45, 2.75) is 6.92 Å². The van der Waals surface area contributed by atoms with Gasteiger partial charge < -0.3 is 0 Å². The topological polar surface area (TPSA) is 41.8 Å². The van der Waals surface area contributed by atoms with Crippen LogP contribution in [-0.2, 0) is 4.79 Å². The summed E-state index contributed by atoms with van der Waals surface area (Å²) in [5, 5.41) is 0. The molecule has 1 unspecified atom stereocenters. The average Bonchev–Trinajstić information content (AvgIpc) is 2.04. The number of nitrogens with zero attached hydrogens (tertiary/aromatic N) is 2. The number of carbonyl (C=O) groups excluding carboxylic acids is 1. The molecule has 0 saturated carbocycles. The van der Waals surface area contributed by atoms with Gasteiger partial charge in [0.15, 0.2) is 0 Å². The Bertz CT molecular complexity index is 348. The minimum absolute atomic E-state index is 0.125. The summed E-state index contributed by atoms with van der Waals surface area (Å²) < 4.78 is 0. The van der Waals surface area contributed by atoms with E-state index in [1.54, 1.807) is 0 Å². The molecule has 3 nitrogen and oxygen atoms in total. The van der Waals surface area contributed by atoms with E-state index in [9.17, 15) is 4.79 Å². The van der Waals surface area contributed by atoms with Crippen LogP contribution in [0.25, 0.3) is 0 Å². The SMILES string of the molecule is CC1=CC2=NC=NC(=O)C2C=C1. The number of hydrogen-bond acceptors (Lipinski definition) is 2. The smallest absolute Gasteiger partial charge is 0.260 e. The number of aliphatic imine (C=N–C) groups is 2. The second kappa shape index (κ2) is 2.52. The van der Waals surface area contributed by atoms with Crippen molar-refractivity contribution in [1.82, 2.24) is 0 Å². The van der Waals surface area contributed by atoms with Crippen molar-refractivity contribution >= 4 is 18.0 Å². The molecule has 0 aromatic rings. The van der Waals surface area contributed by atoms with Crippen molar-refractivity contribution in [2.24, 2.45) is 15.9 Å². The number of fused-ring (bicyclic) bond motifs is 1. The Kier molecular flexibility index (Phi) is 1.50. The Labute approximate surface area is 70.2 Å². The fourth-order valence-corrected chi connectivity index (χ4v) is 1.28. The monoisotopic (exact) mass is 160 g/mol. The maximum Gasteiger partial charge on any atom is 0.260 e. The lowest BCUT2D eigenvalue weighted by Crippen LogP contribution is -2.24. The van der Waals surface area contributed by atoms with Gasteiger partial charge in [0, 0.05) is 0 Å². The molecule has 2 aliphatic rings. The molecule has 0 spiro atoms. The molecule has 1 heterocycles. The normalized spacial score (nSPS) is 26.4. The van der Waals surface area contributed by atoms with Crippen LogP contribution >= 0.6 is 0 Å². The fourth-order valence-electron chi connectivity index (χ4n) is 1.28. The zero-order valence-corrected chi connectivity index (χ0v) is 6.69. The van der Waals surface area contributed by atoms with E-state index in [1.807, 2.05) is 25.2 Å². The van der Waals surface area contributed by atoms with Crippen molar-refractivity contribution in [1.29, 1.82) is 0 Å². The van der Waals surface area contributed by atoms with Gasteiger partial charge in [0.2, 0.25) is 0 Å². The first-order valence-electron chi connectivity index (χ1n) is 3.78. The highest BCUT2D eigenvalue weighted by Crippen LogP contribution is 2.17. The van der Waals surface area contributed by atoms with Crippen LogP contribution in [0.3, 0.4) is 0 Å². The molecule has 2 rings (SSSR count). The third-order valence-electron chi connectivity index (χ3n) is 1.90. The highest BCUT2D eigenvalue weighted by atomic mass is 16.1. The van der Waals surface area contributed by atoms with Crippen molar-refractivity contribution in [2.75, 3.05) is 0 Å². The number of carbonyl (C=O) groups is 1. The fraction of sp³-hybridized carbons (Fsp3) is 0.222. The number of allylic oxidation sites excluding steroid dienone is 3. The third-order valence-corrected chi connectivity index (χ3v) is 1.90. The number of hydrogen-bond donors (Lipinski definition) is 0. The third kappa shape index (κ3) is 1.03. The summed E-state index contributed by atoms with van der Waals surface area (Å²) in [6, 6.07) is 0. The van der Waals surface area contributed by atoms with Crippen molar-refractivity contribution in [3.63, 3.8) is 0 Å². The lowest BCUT2D eigenvalue weighted by molar-refractivity contribution is -0.118. The summed E-state index contributed by atoms with van der Waals surface area (Å²) in [6.45, 7) is 1.98. The maximum atomic E-state index is 11.2. The largest absolute Gasteiger partial charge is 0.271 e. The van der Waals surface area contributed by atoms with Crippen LogP contribution in [0.1, 0.15) is 6.92 Å². The second-order valence-corrected chi connectivity index (χ2v) is 2.86. The molecule has 0 aromatic carbocycles. The Hall–Kier alpha value is -1.51. The Morgan fingerprint density at radius 1 is 1.50 bits per heavy atom. The predicted octanol–water partition coefficient (Wildman–Crippen LogP) is 1.13. The van der Waals surface area contributed by atoms with Gasteiger partial charge in [-0.25, -0.2) is 9.98 Å². The van der Waals surface area contributed by atoms with Gasteiger partial charge in [0.1, 0.15) is 12.3 Å². The minimum Gasteiger partial charge on any atom is -0.271 e. The van der Waals surface area contributed by atoms with Crippen LogP contribution in [-0.4, -0.2) is 18.0 Å². The lowest BCUT2D eigenvalue weighted by Gasteiger charge is -2.15. The van der Waals surface area contributed by atoms with E-state index < -0.39 is 0 Å². The van der Waals surface area contributed by atoms with Gasteiger partial charge >= 0.3 is 0 Å².